The highest BCUT2D eigenvalue weighted by Crippen LogP contribution is 2.27. The van der Waals surface area contributed by atoms with E-state index in [1.54, 1.807) is 0 Å². The van der Waals surface area contributed by atoms with Crippen molar-refractivity contribution in [3.63, 3.8) is 0 Å². The monoisotopic (exact) mass is 370 g/mol. The van der Waals surface area contributed by atoms with Crippen LogP contribution in [0.5, 0.6) is 0 Å². The minimum atomic E-state index is -1.26. The van der Waals surface area contributed by atoms with E-state index < -0.39 is 11.9 Å². The second kappa shape index (κ2) is 9.81. The quantitative estimate of drug-likeness (QED) is 0.577. The minimum Gasteiger partial charge on any atom is -0.478 e. The van der Waals surface area contributed by atoms with Crippen molar-refractivity contribution < 1.29 is 19.8 Å². The SMILES string of the molecule is Cn1cccc1-c1ccccc1NCC1=NCCN1.O=C(O)/C=C/C(=O)O. The summed E-state index contributed by atoms with van der Waals surface area (Å²) in [6, 6.07) is 12.6. The smallest absolute Gasteiger partial charge is 0.328 e. The number of benzene rings is 1. The number of hydrogen-bond acceptors (Lipinski definition) is 5. The summed E-state index contributed by atoms with van der Waals surface area (Å²) in [4.78, 5) is 23.5. The molecule has 27 heavy (non-hydrogen) atoms. The van der Waals surface area contributed by atoms with Gasteiger partial charge >= 0.3 is 11.9 Å². The van der Waals surface area contributed by atoms with Crippen molar-refractivity contribution in [3.05, 3.63) is 54.7 Å². The van der Waals surface area contributed by atoms with Crippen LogP contribution in [-0.2, 0) is 16.6 Å². The average molecular weight is 370 g/mol. The molecule has 8 heteroatoms. The van der Waals surface area contributed by atoms with Gasteiger partial charge in [-0.1, -0.05) is 18.2 Å². The normalized spacial score (nSPS) is 12.7. The third kappa shape index (κ3) is 6.35. The van der Waals surface area contributed by atoms with E-state index in [-0.39, 0.29) is 0 Å². The molecule has 8 nitrogen and oxygen atoms in total. The average Bonchev–Trinajstić information content (AvgIpc) is 3.30. The number of nitrogens with zero attached hydrogens (tertiary/aromatic N) is 2. The van der Waals surface area contributed by atoms with Crippen molar-refractivity contribution in [3.8, 4) is 11.3 Å². The number of aromatic nitrogens is 1. The first kappa shape index (κ1) is 19.8. The lowest BCUT2D eigenvalue weighted by Crippen LogP contribution is -2.26. The maximum absolute atomic E-state index is 9.55. The molecule has 0 unspecified atom stereocenters. The number of rotatable bonds is 6. The van der Waals surface area contributed by atoms with Crippen molar-refractivity contribution in [1.29, 1.82) is 0 Å². The Morgan fingerprint density at radius 2 is 1.89 bits per heavy atom. The fourth-order valence-electron chi connectivity index (χ4n) is 2.49. The predicted molar refractivity (Wildman–Crippen MR) is 104 cm³/mol. The number of hydrogen-bond donors (Lipinski definition) is 4. The number of carboxylic acids is 2. The zero-order chi connectivity index (χ0) is 19.6. The van der Waals surface area contributed by atoms with Crippen LogP contribution in [-0.4, -0.2) is 52.2 Å². The molecule has 142 valence electrons. The molecular formula is C19H22N4O4. The van der Waals surface area contributed by atoms with E-state index in [2.05, 4.69) is 69.8 Å². The standard InChI is InChI=1S/C15H18N4.C4H4O4/c1-19-10-4-7-14(19)12-5-2-3-6-13(12)18-11-15-16-8-9-17-15;5-3(6)1-2-4(7)8/h2-7,10,18H,8-9,11H2,1H3,(H,16,17);1-2H,(H,5,6)(H,7,8)/b;2-1+. The molecule has 0 fully saturated rings. The lowest BCUT2D eigenvalue weighted by Gasteiger charge is -2.13. The number of aryl methyl sites for hydroxylation is 1. The van der Waals surface area contributed by atoms with E-state index in [0.717, 1.165) is 31.2 Å². The predicted octanol–water partition coefficient (Wildman–Crippen LogP) is 1.82. The fraction of sp³-hybridized carbons (Fsp3) is 0.211. The van der Waals surface area contributed by atoms with Gasteiger partial charge < -0.3 is 25.4 Å². The van der Waals surface area contributed by atoms with Crippen molar-refractivity contribution in [1.82, 2.24) is 9.88 Å². The van der Waals surface area contributed by atoms with Crippen LogP contribution in [0, 0.1) is 0 Å². The first-order valence-electron chi connectivity index (χ1n) is 8.33. The maximum Gasteiger partial charge on any atom is 0.328 e. The zero-order valence-electron chi connectivity index (χ0n) is 14.9. The molecule has 0 atom stereocenters. The van der Waals surface area contributed by atoms with Gasteiger partial charge in [-0.2, -0.15) is 0 Å². The fourth-order valence-corrected chi connectivity index (χ4v) is 2.49. The molecule has 1 aromatic heterocycles. The van der Waals surface area contributed by atoms with Crippen molar-refractivity contribution in [2.45, 2.75) is 0 Å². The number of aliphatic imine (C=N–C) groups is 1. The van der Waals surface area contributed by atoms with Gasteiger partial charge in [-0.3, -0.25) is 4.99 Å². The van der Waals surface area contributed by atoms with Gasteiger partial charge in [0.05, 0.1) is 13.1 Å². The Hall–Kier alpha value is -3.55. The molecule has 3 rings (SSSR count). The maximum atomic E-state index is 9.55. The number of carbonyl (C=O) groups is 2. The van der Waals surface area contributed by atoms with E-state index in [1.807, 2.05) is 0 Å². The van der Waals surface area contributed by atoms with Crippen molar-refractivity contribution >= 4 is 23.5 Å². The Morgan fingerprint density at radius 3 is 2.44 bits per heavy atom. The number of anilines is 1. The number of amidine groups is 1. The number of para-hydroxylation sites is 1. The third-order valence-corrected chi connectivity index (χ3v) is 3.71. The van der Waals surface area contributed by atoms with Crippen molar-refractivity contribution in [2.24, 2.45) is 12.0 Å². The van der Waals surface area contributed by atoms with E-state index in [9.17, 15) is 9.59 Å². The number of aliphatic carboxylic acids is 2. The zero-order valence-corrected chi connectivity index (χ0v) is 14.9. The molecule has 0 amide bonds. The van der Waals surface area contributed by atoms with Gasteiger partial charge in [-0.15, -0.1) is 0 Å². The molecular weight excluding hydrogens is 348 g/mol. The van der Waals surface area contributed by atoms with Gasteiger partial charge in [0.2, 0.25) is 0 Å². The van der Waals surface area contributed by atoms with Gasteiger partial charge in [0.15, 0.2) is 0 Å². The number of carboxylic acid groups (broad SMARTS) is 2. The molecule has 0 saturated carbocycles. The highest BCUT2D eigenvalue weighted by molar-refractivity contribution is 5.90. The summed E-state index contributed by atoms with van der Waals surface area (Å²) >= 11 is 0. The summed E-state index contributed by atoms with van der Waals surface area (Å²) in [5.41, 5.74) is 3.57. The Labute approximate surface area is 156 Å². The molecule has 0 aliphatic carbocycles. The highest BCUT2D eigenvalue weighted by atomic mass is 16.4. The first-order valence-corrected chi connectivity index (χ1v) is 8.33. The van der Waals surface area contributed by atoms with Crippen LogP contribution in [0.2, 0.25) is 0 Å². The van der Waals surface area contributed by atoms with Crippen LogP contribution in [0.3, 0.4) is 0 Å². The summed E-state index contributed by atoms with van der Waals surface area (Å²) in [5.74, 6) is -1.47. The Kier molecular flexibility index (Phi) is 7.18. The molecule has 0 saturated heterocycles. The van der Waals surface area contributed by atoms with Crippen LogP contribution in [0.15, 0.2) is 59.7 Å². The Morgan fingerprint density at radius 1 is 1.19 bits per heavy atom. The number of nitrogens with one attached hydrogen (secondary N) is 2. The van der Waals surface area contributed by atoms with Crippen LogP contribution in [0.4, 0.5) is 5.69 Å². The third-order valence-electron chi connectivity index (χ3n) is 3.71. The van der Waals surface area contributed by atoms with Crippen LogP contribution in [0.25, 0.3) is 11.3 Å². The van der Waals surface area contributed by atoms with E-state index in [0.29, 0.717) is 12.2 Å². The second-order valence-electron chi connectivity index (χ2n) is 5.67. The van der Waals surface area contributed by atoms with E-state index in [1.165, 1.54) is 11.3 Å². The molecule has 1 aliphatic heterocycles. The topological polar surface area (TPSA) is 116 Å². The summed E-state index contributed by atoms with van der Waals surface area (Å²) in [6.45, 7) is 2.59. The van der Waals surface area contributed by atoms with Gasteiger partial charge in [-0.25, -0.2) is 9.59 Å². The van der Waals surface area contributed by atoms with Gasteiger partial charge in [0.25, 0.3) is 0 Å². The Balaban J connectivity index is 0.000000279. The summed E-state index contributed by atoms with van der Waals surface area (Å²) in [7, 11) is 2.06. The van der Waals surface area contributed by atoms with Crippen LogP contribution >= 0.6 is 0 Å². The molecule has 0 radical (unpaired) electrons. The minimum absolute atomic E-state index is 0.558. The lowest BCUT2D eigenvalue weighted by molar-refractivity contribution is -0.134. The molecule has 2 heterocycles. The summed E-state index contributed by atoms with van der Waals surface area (Å²) < 4.78 is 2.13. The Bertz CT molecular complexity index is 839. The van der Waals surface area contributed by atoms with Crippen LogP contribution in [0.1, 0.15) is 0 Å². The van der Waals surface area contributed by atoms with Crippen molar-refractivity contribution in [2.75, 3.05) is 25.0 Å². The molecule has 4 N–H and O–H groups in total. The van der Waals surface area contributed by atoms with Gasteiger partial charge in [-0.05, 0) is 18.2 Å². The molecule has 0 spiro atoms. The van der Waals surface area contributed by atoms with Gasteiger partial charge in [0.1, 0.15) is 5.84 Å². The molecule has 2 aromatic rings. The lowest BCUT2D eigenvalue weighted by atomic mass is 10.1. The van der Waals surface area contributed by atoms with E-state index in [4.69, 9.17) is 10.2 Å². The molecule has 0 bridgehead atoms. The summed E-state index contributed by atoms with van der Waals surface area (Å²) in [5, 5.41) is 22.4. The molecule has 1 aliphatic rings. The second-order valence-corrected chi connectivity index (χ2v) is 5.67. The summed E-state index contributed by atoms with van der Waals surface area (Å²) in [6.07, 6.45) is 3.18. The largest absolute Gasteiger partial charge is 0.478 e. The van der Waals surface area contributed by atoms with Gasteiger partial charge in [0, 0.05) is 48.9 Å². The highest BCUT2D eigenvalue weighted by Gasteiger charge is 2.09. The first-order chi connectivity index (χ1) is 13.0. The van der Waals surface area contributed by atoms with E-state index >= 15 is 0 Å². The van der Waals surface area contributed by atoms with Crippen LogP contribution < -0.4 is 10.6 Å². The molecule has 1 aromatic carbocycles.